The summed E-state index contributed by atoms with van der Waals surface area (Å²) in [5, 5.41) is 12.2. The van der Waals surface area contributed by atoms with Crippen LogP contribution >= 0.6 is 0 Å². The van der Waals surface area contributed by atoms with Crippen LogP contribution in [0.4, 0.5) is 0 Å². The quantitative estimate of drug-likeness (QED) is 0.588. The Hall–Kier alpha value is -0.120. The van der Waals surface area contributed by atoms with Gasteiger partial charge in [0.25, 0.3) is 0 Å². The van der Waals surface area contributed by atoms with E-state index in [4.69, 9.17) is 5.11 Å². The zero-order valence-electron chi connectivity index (χ0n) is 9.21. The first kappa shape index (κ1) is 12.9. The first-order chi connectivity index (χ1) is 6.24. The van der Waals surface area contributed by atoms with E-state index in [9.17, 15) is 0 Å². The van der Waals surface area contributed by atoms with Crippen molar-refractivity contribution in [3.05, 3.63) is 0 Å². The highest BCUT2D eigenvalue weighted by Crippen LogP contribution is 1.95. The van der Waals surface area contributed by atoms with Gasteiger partial charge in [-0.15, -0.1) is 0 Å². The number of nitrogens with one attached hydrogen (secondary N) is 1. The van der Waals surface area contributed by atoms with E-state index in [2.05, 4.69) is 31.1 Å². The second kappa shape index (κ2) is 8.48. The molecule has 3 nitrogen and oxygen atoms in total. The van der Waals surface area contributed by atoms with Gasteiger partial charge in [-0.05, 0) is 33.0 Å². The van der Waals surface area contributed by atoms with Crippen LogP contribution in [0.15, 0.2) is 0 Å². The fraction of sp³-hybridized carbons (Fsp3) is 1.00. The van der Waals surface area contributed by atoms with E-state index in [1.807, 2.05) is 0 Å². The molecule has 0 fully saturated rings. The van der Waals surface area contributed by atoms with Crippen molar-refractivity contribution >= 4 is 0 Å². The van der Waals surface area contributed by atoms with E-state index in [0.29, 0.717) is 6.04 Å². The molecule has 1 unspecified atom stereocenters. The Morgan fingerprint density at radius 3 is 2.54 bits per heavy atom. The van der Waals surface area contributed by atoms with Crippen molar-refractivity contribution in [1.29, 1.82) is 0 Å². The predicted molar refractivity (Wildman–Crippen MR) is 57.0 cm³/mol. The van der Waals surface area contributed by atoms with Gasteiger partial charge in [-0.2, -0.15) is 0 Å². The number of nitrogens with zero attached hydrogens (tertiary/aromatic N) is 1. The number of rotatable bonds is 8. The topological polar surface area (TPSA) is 35.5 Å². The van der Waals surface area contributed by atoms with Gasteiger partial charge in [0.2, 0.25) is 0 Å². The largest absolute Gasteiger partial charge is 0.396 e. The molecule has 0 heterocycles. The molecule has 0 spiro atoms. The van der Waals surface area contributed by atoms with Crippen molar-refractivity contribution in [2.75, 3.05) is 33.3 Å². The van der Waals surface area contributed by atoms with E-state index in [1.54, 1.807) is 0 Å². The minimum absolute atomic E-state index is 0.275. The van der Waals surface area contributed by atoms with E-state index in [-0.39, 0.29) is 6.61 Å². The summed E-state index contributed by atoms with van der Waals surface area (Å²) < 4.78 is 0. The Morgan fingerprint density at radius 1 is 1.38 bits per heavy atom. The molecule has 0 aliphatic rings. The third-order valence-electron chi connectivity index (χ3n) is 2.11. The highest BCUT2D eigenvalue weighted by Gasteiger charge is 2.08. The normalized spacial score (nSPS) is 13.6. The van der Waals surface area contributed by atoms with Crippen LogP contribution in [0.25, 0.3) is 0 Å². The Balaban J connectivity index is 3.64. The Kier molecular flexibility index (Phi) is 8.40. The molecular formula is C10H24N2O. The van der Waals surface area contributed by atoms with Crippen LogP contribution in [0.3, 0.4) is 0 Å². The molecule has 0 bridgehead atoms. The zero-order chi connectivity index (χ0) is 10.1. The number of aliphatic hydroxyl groups is 1. The summed E-state index contributed by atoms with van der Waals surface area (Å²) in [6.45, 7) is 7.70. The van der Waals surface area contributed by atoms with Gasteiger partial charge in [-0.3, -0.25) is 0 Å². The van der Waals surface area contributed by atoms with E-state index in [0.717, 1.165) is 26.1 Å². The molecule has 0 amide bonds. The molecule has 13 heavy (non-hydrogen) atoms. The summed E-state index contributed by atoms with van der Waals surface area (Å²) in [5.74, 6) is 0. The maximum atomic E-state index is 8.85. The molecule has 0 saturated carbocycles. The van der Waals surface area contributed by atoms with Crippen LogP contribution in [0.5, 0.6) is 0 Å². The second-order valence-corrected chi connectivity index (χ2v) is 3.53. The Bertz CT molecular complexity index is 103. The molecule has 0 rings (SSSR count). The third-order valence-corrected chi connectivity index (χ3v) is 2.11. The highest BCUT2D eigenvalue weighted by molar-refractivity contribution is 4.69. The van der Waals surface area contributed by atoms with Crippen LogP contribution in [0.1, 0.15) is 26.7 Å². The van der Waals surface area contributed by atoms with E-state index < -0.39 is 0 Å². The van der Waals surface area contributed by atoms with Gasteiger partial charge in [0.15, 0.2) is 0 Å². The number of hydrogen-bond donors (Lipinski definition) is 2. The smallest absolute Gasteiger partial charge is 0.0446 e. The standard InChI is InChI=1S/C10H24N2O/c1-4-7-12(3)9-10(6-8-13)11-5-2/h10-11,13H,4-9H2,1-3H3. The molecule has 0 saturated heterocycles. The van der Waals surface area contributed by atoms with Gasteiger partial charge in [0.05, 0.1) is 0 Å². The van der Waals surface area contributed by atoms with Crippen molar-refractivity contribution in [2.45, 2.75) is 32.7 Å². The van der Waals surface area contributed by atoms with Crippen LogP contribution in [0, 0.1) is 0 Å². The van der Waals surface area contributed by atoms with Gasteiger partial charge in [0, 0.05) is 19.2 Å². The van der Waals surface area contributed by atoms with Crippen molar-refractivity contribution in [2.24, 2.45) is 0 Å². The Morgan fingerprint density at radius 2 is 2.08 bits per heavy atom. The predicted octanol–water partition coefficient (Wildman–Crippen LogP) is 0.689. The molecule has 0 aromatic rings. The van der Waals surface area contributed by atoms with Crippen molar-refractivity contribution in [1.82, 2.24) is 10.2 Å². The summed E-state index contributed by atoms with van der Waals surface area (Å²) in [6.07, 6.45) is 2.04. The van der Waals surface area contributed by atoms with Crippen molar-refractivity contribution < 1.29 is 5.11 Å². The minimum atomic E-state index is 0.275. The molecule has 80 valence electrons. The minimum Gasteiger partial charge on any atom is -0.396 e. The lowest BCUT2D eigenvalue weighted by molar-refractivity contribution is 0.230. The summed E-state index contributed by atoms with van der Waals surface area (Å²) in [4.78, 5) is 2.31. The summed E-state index contributed by atoms with van der Waals surface area (Å²) in [7, 11) is 2.13. The molecule has 2 N–H and O–H groups in total. The van der Waals surface area contributed by atoms with Gasteiger partial charge < -0.3 is 15.3 Å². The third kappa shape index (κ3) is 6.99. The average Bonchev–Trinajstić information content (AvgIpc) is 2.05. The van der Waals surface area contributed by atoms with Gasteiger partial charge in [-0.1, -0.05) is 13.8 Å². The molecule has 1 atom stereocenters. The van der Waals surface area contributed by atoms with Gasteiger partial charge in [-0.25, -0.2) is 0 Å². The fourth-order valence-corrected chi connectivity index (χ4v) is 1.55. The van der Waals surface area contributed by atoms with Crippen LogP contribution < -0.4 is 5.32 Å². The monoisotopic (exact) mass is 188 g/mol. The molecule has 0 aliphatic heterocycles. The lowest BCUT2D eigenvalue weighted by Crippen LogP contribution is -2.40. The first-order valence-electron chi connectivity index (χ1n) is 5.27. The first-order valence-corrected chi connectivity index (χ1v) is 5.27. The zero-order valence-corrected chi connectivity index (χ0v) is 9.21. The lowest BCUT2D eigenvalue weighted by atomic mass is 10.2. The second-order valence-electron chi connectivity index (χ2n) is 3.53. The van der Waals surface area contributed by atoms with Crippen LogP contribution in [-0.2, 0) is 0 Å². The summed E-state index contributed by atoms with van der Waals surface area (Å²) in [6, 6.07) is 0.437. The summed E-state index contributed by atoms with van der Waals surface area (Å²) in [5.41, 5.74) is 0. The van der Waals surface area contributed by atoms with Crippen LogP contribution in [0.2, 0.25) is 0 Å². The van der Waals surface area contributed by atoms with Crippen molar-refractivity contribution in [3.63, 3.8) is 0 Å². The van der Waals surface area contributed by atoms with Crippen LogP contribution in [-0.4, -0.2) is 49.3 Å². The SMILES string of the molecule is CCCN(C)CC(CCO)NCC. The van der Waals surface area contributed by atoms with Crippen molar-refractivity contribution in [3.8, 4) is 0 Å². The number of likely N-dealkylation sites (N-methyl/N-ethyl adjacent to an activating group) is 2. The van der Waals surface area contributed by atoms with E-state index >= 15 is 0 Å². The maximum absolute atomic E-state index is 8.85. The maximum Gasteiger partial charge on any atom is 0.0446 e. The summed E-state index contributed by atoms with van der Waals surface area (Å²) >= 11 is 0. The molecule has 0 aromatic carbocycles. The van der Waals surface area contributed by atoms with Gasteiger partial charge in [0.1, 0.15) is 0 Å². The molecule has 0 aromatic heterocycles. The highest BCUT2D eigenvalue weighted by atomic mass is 16.3. The van der Waals surface area contributed by atoms with E-state index in [1.165, 1.54) is 6.42 Å². The molecular weight excluding hydrogens is 164 g/mol. The molecule has 3 heteroatoms. The van der Waals surface area contributed by atoms with Gasteiger partial charge >= 0.3 is 0 Å². The number of hydrogen-bond acceptors (Lipinski definition) is 3. The fourth-order valence-electron chi connectivity index (χ4n) is 1.55. The molecule has 0 radical (unpaired) electrons. The Labute approximate surface area is 82.1 Å². The number of aliphatic hydroxyl groups excluding tert-OH is 1. The average molecular weight is 188 g/mol. The molecule has 0 aliphatic carbocycles. The lowest BCUT2D eigenvalue weighted by Gasteiger charge is -2.23.